The first-order valence-corrected chi connectivity index (χ1v) is 18.0. The van der Waals surface area contributed by atoms with Crippen LogP contribution in [-0.2, 0) is 28.2 Å². The third-order valence-electron chi connectivity index (χ3n) is 6.71. The van der Waals surface area contributed by atoms with Gasteiger partial charge in [-0.3, -0.25) is 14.1 Å². The van der Waals surface area contributed by atoms with Gasteiger partial charge in [-0.15, -0.1) is 0 Å². The molecule has 0 aliphatic carbocycles. The zero-order chi connectivity index (χ0) is 31.9. The fourth-order valence-corrected chi connectivity index (χ4v) is 4.62. The van der Waals surface area contributed by atoms with E-state index in [0.717, 1.165) is 44.9 Å². The van der Waals surface area contributed by atoms with Gasteiger partial charge in [-0.05, 0) is 32.1 Å². The molecule has 1 atom stereocenters. The lowest BCUT2D eigenvalue weighted by Crippen LogP contribution is -2.29. The van der Waals surface area contributed by atoms with E-state index in [1.807, 2.05) is 36.5 Å². The number of esters is 2. The van der Waals surface area contributed by atoms with Gasteiger partial charge >= 0.3 is 19.8 Å². The molecule has 0 aromatic carbocycles. The maximum Gasteiger partial charge on any atom is 0.469 e. The van der Waals surface area contributed by atoms with Gasteiger partial charge in [-0.1, -0.05) is 140 Å². The molecule has 0 aromatic heterocycles. The summed E-state index contributed by atoms with van der Waals surface area (Å²) in [6, 6.07) is 0. The number of hydrogen-bond acceptors (Lipinski definition) is 6. The van der Waals surface area contributed by atoms with E-state index in [9.17, 15) is 14.2 Å². The predicted octanol–water partition coefficient (Wildman–Crippen LogP) is 9.23. The van der Waals surface area contributed by atoms with Crippen molar-refractivity contribution in [2.45, 2.75) is 142 Å². The minimum Gasteiger partial charge on any atom is -0.462 e. The zero-order valence-corrected chi connectivity index (χ0v) is 27.7. The molecule has 0 heterocycles. The smallest absolute Gasteiger partial charge is 0.462 e. The summed E-state index contributed by atoms with van der Waals surface area (Å²) in [5, 5.41) is 0. The number of rotatable bonds is 29. The van der Waals surface area contributed by atoms with E-state index in [0.29, 0.717) is 6.42 Å². The summed E-state index contributed by atoms with van der Waals surface area (Å²) in [4.78, 5) is 42.5. The van der Waals surface area contributed by atoms with Crippen molar-refractivity contribution in [3.05, 3.63) is 48.6 Å². The summed E-state index contributed by atoms with van der Waals surface area (Å²) < 4.78 is 26.1. The molecule has 9 heteroatoms. The molecule has 0 amide bonds. The number of unbranched alkanes of at least 4 members (excludes halogenated alkanes) is 14. The van der Waals surface area contributed by atoms with E-state index in [1.165, 1.54) is 57.8 Å². The quantitative estimate of drug-likeness (QED) is 0.0365. The van der Waals surface area contributed by atoms with Crippen LogP contribution < -0.4 is 0 Å². The van der Waals surface area contributed by atoms with Gasteiger partial charge in [0, 0.05) is 12.8 Å². The summed E-state index contributed by atoms with van der Waals surface area (Å²) in [6.07, 6.45) is 34.1. The van der Waals surface area contributed by atoms with E-state index in [-0.39, 0.29) is 19.4 Å². The summed E-state index contributed by atoms with van der Waals surface area (Å²) in [5.41, 5.74) is 0. The molecular weight excluding hydrogens is 567 g/mol. The summed E-state index contributed by atoms with van der Waals surface area (Å²) >= 11 is 0. The molecule has 0 fully saturated rings. The lowest BCUT2D eigenvalue weighted by atomic mass is 10.0. The molecule has 0 spiro atoms. The van der Waals surface area contributed by atoms with Gasteiger partial charge in [-0.25, -0.2) is 4.57 Å². The van der Waals surface area contributed by atoms with E-state index in [2.05, 4.69) is 30.5 Å². The number of phosphoric acid groups is 1. The van der Waals surface area contributed by atoms with Gasteiger partial charge in [-0.2, -0.15) is 0 Å². The van der Waals surface area contributed by atoms with Gasteiger partial charge < -0.3 is 19.3 Å². The second kappa shape index (κ2) is 30.1. The van der Waals surface area contributed by atoms with Crippen LogP contribution in [0.4, 0.5) is 0 Å². The topological polar surface area (TPSA) is 119 Å². The third kappa shape index (κ3) is 32.8. The average Bonchev–Trinajstić information content (AvgIpc) is 2.97. The number of allylic oxidation sites excluding steroid dienone is 8. The molecule has 0 aliphatic heterocycles. The molecule has 0 rings (SSSR count). The van der Waals surface area contributed by atoms with Crippen molar-refractivity contribution in [2.75, 3.05) is 13.2 Å². The second-order valence-electron chi connectivity index (χ2n) is 10.9. The second-order valence-corrected chi connectivity index (χ2v) is 12.1. The predicted molar refractivity (Wildman–Crippen MR) is 174 cm³/mol. The average molecular weight is 627 g/mol. The fourth-order valence-electron chi connectivity index (χ4n) is 4.26. The Morgan fingerprint density at radius 2 is 1.12 bits per heavy atom. The molecule has 43 heavy (non-hydrogen) atoms. The van der Waals surface area contributed by atoms with Gasteiger partial charge in [0.1, 0.15) is 6.61 Å². The number of phosphoric ester groups is 1. The summed E-state index contributed by atoms with van der Waals surface area (Å²) in [5.74, 6) is -0.935. The number of hydrogen-bond donors (Lipinski definition) is 2. The molecule has 0 bridgehead atoms. The van der Waals surface area contributed by atoms with Crippen LogP contribution in [0.5, 0.6) is 0 Å². The molecule has 0 aromatic rings. The van der Waals surface area contributed by atoms with Crippen molar-refractivity contribution < 1.29 is 37.9 Å². The summed E-state index contributed by atoms with van der Waals surface area (Å²) in [7, 11) is -4.75. The zero-order valence-electron chi connectivity index (χ0n) is 26.8. The Morgan fingerprint density at radius 3 is 1.67 bits per heavy atom. The largest absolute Gasteiger partial charge is 0.469 e. The molecule has 0 saturated carbocycles. The lowest BCUT2D eigenvalue weighted by molar-refractivity contribution is -0.161. The van der Waals surface area contributed by atoms with Crippen molar-refractivity contribution in [3.63, 3.8) is 0 Å². The Morgan fingerprint density at radius 1 is 0.628 bits per heavy atom. The van der Waals surface area contributed by atoms with Crippen LogP contribution in [0.15, 0.2) is 48.6 Å². The Labute approximate surface area is 261 Å². The highest BCUT2D eigenvalue weighted by atomic mass is 31.2. The van der Waals surface area contributed by atoms with E-state index in [4.69, 9.17) is 19.3 Å². The molecule has 0 radical (unpaired) electrons. The molecule has 2 N–H and O–H groups in total. The third-order valence-corrected chi connectivity index (χ3v) is 7.19. The van der Waals surface area contributed by atoms with Crippen LogP contribution in [0.2, 0.25) is 0 Å². The van der Waals surface area contributed by atoms with Crippen LogP contribution in [0.25, 0.3) is 0 Å². The molecule has 248 valence electrons. The Bertz CT molecular complexity index is 843. The van der Waals surface area contributed by atoms with Crippen LogP contribution in [-0.4, -0.2) is 41.0 Å². The molecule has 0 aliphatic rings. The Balaban J connectivity index is 4.11. The lowest BCUT2D eigenvalue weighted by Gasteiger charge is -2.18. The van der Waals surface area contributed by atoms with E-state index >= 15 is 0 Å². The molecule has 8 nitrogen and oxygen atoms in total. The van der Waals surface area contributed by atoms with E-state index in [1.54, 1.807) is 0 Å². The van der Waals surface area contributed by atoms with Crippen LogP contribution in [0.3, 0.4) is 0 Å². The Hall–Kier alpha value is -1.99. The number of carbonyl (C=O) groups excluding carboxylic acids is 2. The molecular formula is C34H59O8P. The highest BCUT2D eigenvalue weighted by molar-refractivity contribution is 7.46. The Kier molecular flexibility index (Phi) is 28.7. The minimum absolute atomic E-state index is 0.166. The maximum atomic E-state index is 12.3. The standard InChI is InChI=1S/C34H59O8P/c1-3-5-7-9-11-13-15-17-19-21-23-25-27-29-34(36)42-32(31-41-43(37,38)39)30-40-33(35)28-26-24-22-20-18-16-14-12-10-8-6-4-2/h5,7,9,11,13,15,17,19,32H,3-4,6,8,10,12,14,16,18,20-31H2,1-2H3,(H2,37,38,39)/b7-5+,11-9+,15-13+,19-17+. The SMILES string of the molecule is CC/C=C/C=C/C=C/C=C/CCCCCC(=O)OC(COC(=O)CCCCCCCCCCCCCC)COP(=O)(O)O. The highest BCUT2D eigenvalue weighted by Crippen LogP contribution is 2.35. The maximum absolute atomic E-state index is 12.3. The normalized spacial score (nSPS) is 13.1. The van der Waals surface area contributed by atoms with Crippen LogP contribution in [0.1, 0.15) is 136 Å². The number of ether oxygens (including phenoxy) is 2. The fraction of sp³-hybridized carbons (Fsp3) is 0.706. The van der Waals surface area contributed by atoms with Gasteiger partial charge in [0.15, 0.2) is 6.10 Å². The van der Waals surface area contributed by atoms with Gasteiger partial charge in [0.25, 0.3) is 0 Å². The molecule has 1 unspecified atom stereocenters. The first-order chi connectivity index (χ1) is 20.8. The monoisotopic (exact) mass is 626 g/mol. The van der Waals surface area contributed by atoms with Crippen LogP contribution in [0, 0.1) is 0 Å². The van der Waals surface area contributed by atoms with Gasteiger partial charge in [0.2, 0.25) is 0 Å². The van der Waals surface area contributed by atoms with Crippen molar-refractivity contribution in [2.24, 2.45) is 0 Å². The number of carbonyl (C=O) groups is 2. The summed E-state index contributed by atoms with van der Waals surface area (Å²) in [6.45, 7) is 3.47. The minimum atomic E-state index is -4.75. The first kappa shape index (κ1) is 41.0. The molecule has 0 saturated heterocycles. The highest BCUT2D eigenvalue weighted by Gasteiger charge is 2.22. The van der Waals surface area contributed by atoms with Crippen molar-refractivity contribution in [1.82, 2.24) is 0 Å². The van der Waals surface area contributed by atoms with Crippen molar-refractivity contribution >= 4 is 19.8 Å². The van der Waals surface area contributed by atoms with E-state index < -0.39 is 32.5 Å². The first-order valence-electron chi connectivity index (χ1n) is 16.5. The van der Waals surface area contributed by atoms with Crippen LogP contribution >= 0.6 is 7.82 Å². The van der Waals surface area contributed by atoms with Crippen molar-refractivity contribution in [1.29, 1.82) is 0 Å². The van der Waals surface area contributed by atoms with Gasteiger partial charge in [0.05, 0.1) is 6.61 Å². The van der Waals surface area contributed by atoms with Crippen molar-refractivity contribution in [3.8, 4) is 0 Å².